The predicted molar refractivity (Wildman–Crippen MR) is 297 cm³/mol. The van der Waals surface area contributed by atoms with Gasteiger partial charge < -0.3 is 14.2 Å². The van der Waals surface area contributed by atoms with Gasteiger partial charge in [0, 0.05) is 19.4 Å². The first-order chi connectivity index (χ1) is 33.6. The van der Waals surface area contributed by atoms with Crippen molar-refractivity contribution >= 4 is 11.9 Å². The topological polar surface area (TPSA) is 61.8 Å². The Hall–Kier alpha value is -3.18. The monoisotopic (exact) mass is 945 g/mol. The molecule has 0 aliphatic carbocycles. The quantitative estimate of drug-likeness (QED) is 0.0345. The largest absolute Gasteiger partial charge is 0.462 e. The van der Waals surface area contributed by atoms with Crippen molar-refractivity contribution in [1.82, 2.24) is 0 Å². The van der Waals surface area contributed by atoms with Crippen LogP contribution < -0.4 is 0 Å². The van der Waals surface area contributed by atoms with Gasteiger partial charge >= 0.3 is 11.9 Å². The van der Waals surface area contributed by atoms with Crippen molar-refractivity contribution in [2.45, 2.75) is 271 Å². The van der Waals surface area contributed by atoms with Crippen LogP contribution in [0.25, 0.3) is 0 Å². The normalized spacial score (nSPS) is 12.9. The standard InChI is InChI=1S/C63H108O5/c1-4-7-10-13-16-19-22-25-28-30-32-34-36-38-41-44-47-50-53-56-62(64)67-60-61(59-66-58-55-52-49-46-43-40-27-24-21-18-15-12-9-6-3)68-63(65)57-54-51-48-45-42-39-37-35-33-31-29-26-23-20-17-14-11-8-5-2/h7,10,16-17,19-20,25-26,28-29,32-35,38,41,61H,4-6,8-9,11-15,18,21-24,27,30-31,36-37,39-40,42-60H2,1-3H3/b10-7-,19-16-,20-17-,28-25-,29-26-,34-32-,35-33-,41-38-. The molecule has 1 atom stereocenters. The molecule has 0 aliphatic heterocycles. The first-order valence-electron chi connectivity index (χ1n) is 28.8. The van der Waals surface area contributed by atoms with E-state index in [1.54, 1.807) is 0 Å². The molecule has 0 aromatic carbocycles. The average molecular weight is 946 g/mol. The minimum Gasteiger partial charge on any atom is -0.462 e. The zero-order valence-corrected chi connectivity index (χ0v) is 44.8. The fourth-order valence-electron chi connectivity index (χ4n) is 7.84. The second-order valence-corrected chi connectivity index (χ2v) is 18.8. The summed E-state index contributed by atoms with van der Waals surface area (Å²) in [7, 11) is 0. The highest BCUT2D eigenvalue weighted by molar-refractivity contribution is 5.70. The molecule has 0 amide bonds. The van der Waals surface area contributed by atoms with E-state index in [9.17, 15) is 9.59 Å². The third-order valence-corrected chi connectivity index (χ3v) is 12.1. The Bertz CT molecular complexity index is 1300. The Balaban J connectivity index is 4.36. The van der Waals surface area contributed by atoms with Crippen molar-refractivity contribution in [2.24, 2.45) is 0 Å². The summed E-state index contributed by atoms with van der Waals surface area (Å²) in [6.07, 6.45) is 78.5. The van der Waals surface area contributed by atoms with E-state index in [2.05, 4.69) is 118 Å². The van der Waals surface area contributed by atoms with Gasteiger partial charge in [-0.15, -0.1) is 0 Å². The summed E-state index contributed by atoms with van der Waals surface area (Å²) >= 11 is 0. The maximum absolute atomic E-state index is 12.9. The fourth-order valence-corrected chi connectivity index (χ4v) is 7.84. The Labute approximate surface area is 422 Å². The van der Waals surface area contributed by atoms with Crippen molar-refractivity contribution in [2.75, 3.05) is 19.8 Å². The second kappa shape index (κ2) is 58.1. The van der Waals surface area contributed by atoms with Crippen molar-refractivity contribution < 1.29 is 23.8 Å². The van der Waals surface area contributed by atoms with Crippen LogP contribution in [0.1, 0.15) is 265 Å². The van der Waals surface area contributed by atoms with E-state index in [0.717, 1.165) is 109 Å². The van der Waals surface area contributed by atoms with E-state index >= 15 is 0 Å². The number of carbonyl (C=O) groups excluding carboxylic acids is 2. The molecule has 1 unspecified atom stereocenters. The molecule has 0 radical (unpaired) electrons. The lowest BCUT2D eigenvalue weighted by Gasteiger charge is -2.18. The van der Waals surface area contributed by atoms with Crippen molar-refractivity contribution in [3.63, 3.8) is 0 Å². The SMILES string of the molecule is CC/C=C\C/C=C\C/C=C\C/C=C\C/C=C\CCCCCC(=O)OCC(COCCCCCCCCCCCCCCCC)OC(=O)CCCCCCCC/C=C\C/C=C\C/C=C\CCCCC. The number of hydrogen-bond acceptors (Lipinski definition) is 5. The first kappa shape index (κ1) is 64.8. The predicted octanol–water partition coefficient (Wildman–Crippen LogP) is 19.8. The van der Waals surface area contributed by atoms with Crippen LogP contribution in [-0.4, -0.2) is 37.9 Å². The molecule has 0 rings (SSSR count). The number of rotatable bonds is 52. The third kappa shape index (κ3) is 55.4. The van der Waals surface area contributed by atoms with Crippen LogP contribution >= 0.6 is 0 Å². The molecule has 0 aromatic heterocycles. The minimum atomic E-state index is -0.561. The zero-order chi connectivity index (χ0) is 49.2. The Kier molecular flexibility index (Phi) is 55.4. The summed E-state index contributed by atoms with van der Waals surface area (Å²) in [4.78, 5) is 25.5. The van der Waals surface area contributed by atoms with Gasteiger partial charge in [-0.25, -0.2) is 0 Å². The molecule has 0 spiro atoms. The third-order valence-electron chi connectivity index (χ3n) is 12.1. The molecule has 0 fully saturated rings. The number of carbonyl (C=O) groups is 2. The van der Waals surface area contributed by atoms with Gasteiger partial charge in [0.15, 0.2) is 6.10 Å². The minimum absolute atomic E-state index is 0.0601. The molecule has 68 heavy (non-hydrogen) atoms. The van der Waals surface area contributed by atoms with Crippen LogP contribution in [0.2, 0.25) is 0 Å². The average Bonchev–Trinajstić information content (AvgIpc) is 3.34. The maximum Gasteiger partial charge on any atom is 0.306 e. The van der Waals surface area contributed by atoms with Gasteiger partial charge in [-0.1, -0.05) is 246 Å². The van der Waals surface area contributed by atoms with Crippen molar-refractivity contribution in [3.8, 4) is 0 Å². The van der Waals surface area contributed by atoms with Gasteiger partial charge in [0.2, 0.25) is 0 Å². The summed E-state index contributed by atoms with van der Waals surface area (Å²) in [5.41, 5.74) is 0. The highest BCUT2D eigenvalue weighted by atomic mass is 16.6. The Morgan fingerprint density at radius 2 is 0.662 bits per heavy atom. The fraction of sp³-hybridized carbons (Fsp3) is 0.714. The van der Waals surface area contributed by atoms with E-state index in [-0.39, 0.29) is 25.2 Å². The summed E-state index contributed by atoms with van der Waals surface area (Å²) < 4.78 is 17.4. The Morgan fingerprint density at radius 3 is 1.10 bits per heavy atom. The lowest BCUT2D eigenvalue weighted by molar-refractivity contribution is -0.163. The Morgan fingerprint density at radius 1 is 0.338 bits per heavy atom. The van der Waals surface area contributed by atoms with Gasteiger partial charge in [-0.3, -0.25) is 9.59 Å². The second-order valence-electron chi connectivity index (χ2n) is 18.8. The highest BCUT2D eigenvalue weighted by Crippen LogP contribution is 2.15. The van der Waals surface area contributed by atoms with E-state index in [1.165, 1.54) is 122 Å². The maximum atomic E-state index is 12.9. The number of unbranched alkanes of at least 4 members (excludes halogenated alkanes) is 25. The number of esters is 2. The molecule has 0 N–H and O–H groups in total. The van der Waals surface area contributed by atoms with Crippen LogP contribution in [0.3, 0.4) is 0 Å². The lowest BCUT2D eigenvalue weighted by atomic mass is 10.0. The molecule has 5 nitrogen and oxygen atoms in total. The van der Waals surface area contributed by atoms with Gasteiger partial charge in [0.1, 0.15) is 6.61 Å². The lowest BCUT2D eigenvalue weighted by Crippen LogP contribution is -2.30. The number of hydrogen-bond donors (Lipinski definition) is 0. The molecule has 0 saturated heterocycles. The summed E-state index contributed by atoms with van der Waals surface area (Å²) in [6, 6.07) is 0. The van der Waals surface area contributed by atoms with E-state index < -0.39 is 6.10 Å². The summed E-state index contributed by atoms with van der Waals surface area (Å²) in [5.74, 6) is -0.444. The van der Waals surface area contributed by atoms with Crippen LogP contribution in [0.5, 0.6) is 0 Å². The first-order valence-corrected chi connectivity index (χ1v) is 28.8. The summed E-state index contributed by atoms with van der Waals surface area (Å²) in [5, 5.41) is 0. The van der Waals surface area contributed by atoms with Crippen LogP contribution in [0, 0.1) is 0 Å². The number of allylic oxidation sites excluding steroid dienone is 16. The van der Waals surface area contributed by atoms with E-state index in [4.69, 9.17) is 14.2 Å². The van der Waals surface area contributed by atoms with Crippen LogP contribution in [0.4, 0.5) is 0 Å². The highest BCUT2D eigenvalue weighted by Gasteiger charge is 2.17. The molecule has 390 valence electrons. The van der Waals surface area contributed by atoms with E-state index in [0.29, 0.717) is 19.4 Å². The smallest absolute Gasteiger partial charge is 0.306 e. The van der Waals surface area contributed by atoms with Crippen molar-refractivity contribution in [3.05, 3.63) is 97.2 Å². The van der Waals surface area contributed by atoms with E-state index in [1.807, 2.05) is 0 Å². The summed E-state index contributed by atoms with van der Waals surface area (Å²) in [6.45, 7) is 7.66. The molecular formula is C63H108O5. The van der Waals surface area contributed by atoms with Gasteiger partial charge in [-0.05, 0) is 103 Å². The van der Waals surface area contributed by atoms with Crippen molar-refractivity contribution in [1.29, 1.82) is 0 Å². The molecular weight excluding hydrogens is 837 g/mol. The molecule has 0 aliphatic rings. The van der Waals surface area contributed by atoms with Crippen LogP contribution in [-0.2, 0) is 23.8 Å². The van der Waals surface area contributed by atoms with Gasteiger partial charge in [0.25, 0.3) is 0 Å². The van der Waals surface area contributed by atoms with Crippen LogP contribution in [0.15, 0.2) is 97.2 Å². The van der Waals surface area contributed by atoms with Gasteiger partial charge in [-0.2, -0.15) is 0 Å². The molecule has 0 saturated carbocycles. The molecule has 0 bridgehead atoms. The van der Waals surface area contributed by atoms with Gasteiger partial charge in [0.05, 0.1) is 6.61 Å². The molecule has 0 heterocycles. The zero-order valence-electron chi connectivity index (χ0n) is 44.8. The number of ether oxygens (including phenoxy) is 3. The molecule has 0 aromatic rings. The molecule has 5 heteroatoms.